The van der Waals surface area contributed by atoms with Gasteiger partial charge in [0.15, 0.2) is 0 Å². The van der Waals surface area contributed by atoms with Gasteiger partial charge in [-0.05, 0) is 6.16 Å². The topological polar surface area (TPSA) is 0 Å². The van der Waals surface area contributed by atoms with Crippen molar-refractivity contribution in [1.29, 1.82) is 0 Å². The van der Waals surface area contributed by atoms with Gasteiger partial charge in [-0.2, -0.15) is 43.9 Å². The quantitative estimate of drug-likeness (QED) is 0.518. The first kappa shape index (κ1) is 16.7. The van der Waals surface area contributed by atoms with Gasteiger partial charge in [0.1, 0.15) is 0 Å². The zero-order chi connectivity index (χ0) is 14.3. The summed E-state index contributed by atoms with van der Waals surface area (Å²) in [6.07, 6.45) is -14.5. The summed E-state index contributed by atoms with van der Waals surface area (Å²) in [5.74, 6) is 0. The maximum atomic E-state index is 12.5. The van der Waals surface area contributed by atoms with Crippen LogP contribution in [0.15, 0.2) is 0 Å². The van der Waals surface area contributed by atoms with E-state index in [1.54, 1.807) is 0 Å². The minimum Gasteiger partial charge on any atom is -0.191 e. The Hall–Kier alpha value is -0.270. The Bertz CT molecular complexity index is 237. The average molecular weight is 298 g/mol. The van der Waals surface area contributed by atoms with Crippen LogP contribution in [0.1, 0.15) is 6.92 Å². The molecule has 0 radical (unpaired) electrons. The molecule has 0 aromatic rings. The molecule has 0 unspecified atom stereocenters. The molecule has 0 aliphatic rings. The third kappa shape index (κ3) is 2.95. The smallest absolute Gasteiger partial charge is 0.191 e. The molecule has 0 aliphatic carbocycles. The highest BCUT2D eigenvalue weighted by atomic mass is 31.1. The van der Waals surface area contributed by atoms with Gasteiger partial charge in [0.2, 0.25) is 0 Å². The Kier molecular flexibility index (Phi) is 4.37. The second kappa shape index (κ2) is 4.44. The molecule has 0 saturated carbocycles. The van der Waals surface area contributed by atoms with Crippen LogP contribution in [0.2, 0.25) is 0 Å². The number of hydrogen-bond donors (Lipinski definition) is 0. The van der Waals surface area contributed by atoms with Crippen molar-refractivity contribution >= 4 is 7.92 Å². The fourth-order valence-corrected chi connectivity index (χ4v) is 2.64. The van der Waals surface area contributed by atoms with Crippen LogP contribution in [0.5, 0.6) is 0 Å². The Labute approximate surface area is 89.7 Å². The van der Waals surface area contributed by atoms with Crippen molar-refractivity contribution in [2.24, 2.45) is 0 Å². The van der Waals surface area contributed by atoms with E-state index in [1.807, 2.05) is 0 Å². The van der Waals surface area contributed by atoms with Crippen molar-refractivity contribution in [3.63, 3.8) is 0 Å². The van der Waals surface area contributed by atoms with Gasteiger partial charge in [0.05, 0.1) is 7.92 Å². The Morgan fingerprint density at radius 1 is 0.647 bits per heavy atom. The van der Waals surface area contributed by atoms with Crippen LogP contribution in [0.3, 0.4) is 0 Å². The van der Waals surface area contributed by atoms with Gasteiger partial charge in [-0.1, -0.05) is 6.92 Å². The van der Waals surface area contributed by atoms with Crippen LogP contribution in [0.4, 0.5) is 43.9 Å². The third-order valence-corrected chi connectivity index (χ3v) is 4.17. The lowest BCUT2D eigenvalue weighted by Gasteiger charge is -2.34. The molecular formula is C6H5F10P. The monoisotopic (exact) mass is 298 g/mol. The molecule has 17 heavy (non-hydrogen) atoms. The first-order valence-corrected chi connectivity index (χ1v) is 5.39. The zero-order valence-electron chi connectivity index (χ0n) is 7.93. The summed E-state index contributed by atoms with van der Waals surface area (Å²) in [5.41, 5.74) is -12.1. The van der Waals surface area contributed by atoms with E-state index < -0.39 is 37.8 Å². The normalized spacial score (nSPS) is 15.5. The number of alkyl halides is 10. The minimum absolute atomic E-state index is 0.422. The molecule has 0 aliphatic heterocycles. The van der Waals surface area contributed by atoms with Gasteiger partial charge in [-0.15, -0.1) is 0 Å². The maximum absolute atomic E-state index is 12.5. The lowest BCUT2D eigenvalue weighted by atomic mass is 10.7. The van der Waals surface area contributed by atoms with Crippen molar-refractivity contribution in [1.82, 2.24) is 0 Å². The van der Waals surface area contributed by atoms with E-state index in [9.17, 15) is 43.9 Å². The Balaban J connectivity index is 5.52. The van der Waals surface area contributed by atoms with E-state index in [4.69, 9.17) is 0 Å². The summed E-state index contributed by atoms with van der Waals surface area (Å²) in [5, 5.41) is 0. The van der Waals surface area contributed by atoms with Crippen molar-refractivity contribution in [3.8, 4) is 0 Å². The standard InChI is InChI=1S/C6H5F10P/c1-2-17(5(13,14)3(7,8)9)6(15,16)4(10,11)12/h2H2,1H3. The highest BCUT2D eigenvalue weighted by Crippen LogP contribution is 2.71. The van der Waals surface area contributed by atoms with E-state index in [0.717, 1.165) is 0 Å². The van der Waals surface area contributed by atoms with E-state index in [-0.39, 0.29) is 0 Å². The summed E-state index contributed by atoms with van der Waals surface area (Å²) in [6.45, 7) is 0.422. The van der Waals surface area contributed by atoms with Crippen LogP contribution in [0, 0.1) is 0 Å². The van der Waals surface area contributed by atoms with Gasteiger partial charge in [-0.3, -0.25) is 0 Å². The molecule has 0 fully saturated rings. The SMILES string of the molecule is CCP(C(F)(F)C(F)(F)F)C(F)(F)C(F)(F)F. The third-order valence-electron chi connectivity index (χ3n) is 1.68. The van der Waals surface area contributed by atoms with Crippen molar-refractivity contribution in [2.45, 2.75) is 30.6 Å². The van der Waals surface area contributed by atoms with E-state index in [2.05, 4.69) is 0 Å². The molecule has 0 atom stereocenters. The van der Waals surface area contributed by atoms with Gasteiger partial charge in [0.25, 0.3) is 0 Å². The highest BCUT2D eigenvalue weighted by Gasteiger charge is 2.74. The molecule has 0 rings (SSSR count). The molecule has 0 N–H and O–H groups in total. The summed E-state index contributed by atoms with van der Waals surface area (Å²) < 4.78 is 121. The average Bonchev–Trinajstić information content (AvgIpc) is 1.99. The summed E-state index contributed by atoms with van der Waals surface area (Å²) in [4.78, 5) is 0. The van der Waals surface area contributed by atoms with Gasteiger partial charge < -0.3 is 0 Å². The van der Waals surface area contributed by atoms with Gasteiger partial charge in [0, 0.05) is 0 Å². The predicted octanol–water partition coefficient (Wildman–Crippen LogP) is 4.80. The number of hydrogen-bond acceptors (Lipinski definition) is 0. The van der Waals surface area contributed by atoms with Crippen molar-refractivity contribution < 1.29 is 43.9 Å². The molecule has 0 saturated heterocycles. The molecule has 104 valence electrons. The lowest BCUT2D eigenvalue weighted by molar-refractivity contribution is -0.262. The second-order valence-corrected chi connectivity index (χ2v) is 5.43. The number of rotatable bonds is 3. The minimum atomic E-state index is -6.44. The molecule has 0 bridgehead atoms. The summed E-state index contributed by atoms with van der Waals surface area (Å²) >= 11 is 0. The first-order valence-electron chi connectivity index (χ1n) is 3.86. The van der Waals surface area contributed by atoms with E-state index in [0.29, 0.717) is 6.92 Å². The Morgan fingerprint density at radius 3 is 1.00 bits per heavy atom. The molecule has 0 nitrogen and oxygen atoms in total. The predicted molar refractivity (Wildman–Crippen MR) is 39.5 cm³/mol. The van der Waals surface area contributed by atoms with Crippen LogP contribution < -0.4 is 0 Å². The van der Waals surface area contributed by atoms with Gasteiger partial charge >= 0.3 is 23.7 Å². The highest BCUT2D eigenvalue weighted by molar-refractivity contribution is 7.60. The van der Waals surface area contributed by atoms with Crippen LogP contribution in [0.25, 0.3) is 0 Å². The van der Waals surface area contributed by atoms with Crippen molar-refractivity contribution in [2.75, 3.05) is 6.16 Å². The Morgan fingerprint density at radius 2 is 0.882 bits per heavy atom. The molecule has 0 amide bonds. The molecule has 11 heteroatoms. The van der Waals surface area contributed by atoms with Crippen LogP contribution in [-0.4, -0.2) is 29.8 Å². The molecule has 0 heterocycles. The number of halogens is 10. The first-order chi connectivity index (χ1) is 7.19. The molecular weight excluding hydrogens is 293 g/mol. The van der Waals surface area contributed by atoms with Crippen LogP contribution >= 0.6 is 7.92 Å². The summed E-state index contributed by atoms with van der Waals surface area (Å²) in [6, 6.07) is 0. The molecule has 0 spiro atoms. The zero-order valence-corrected chi connectivity index (χ0v) is 8.83. The fourth-order valence-electron chi connectivity index (χ4n) is 0.880. The lowest BCUT2D eigenvalue weighted by Crippen LogP contribution is -2.45. The van der Waals surface area contributed by atoms with E-state index in [1.165, 1.54) is 0 Å². The maximum Gasteiger partial charge on any atom is 0.457 e. The van der Waals surface area contributed by atoms with Gasteiger partial charge in [-0.25, -0.2) is 0 Å². The molecule has 0 aromatic carbocycles. The fraction of sp³-hybridized carbons (Fsp3) is 1.00. The summed E-state index contributed by atoms with van der Waals surface area (Å²) in [7, 11) is -4.94. The van der Waals surface area contributed by atoms with Crippen LogP contribution in [-0.2, 0) is 0 Å². The van der Waals surface area contributed by atoms with E-state index >= 15 is 0 Å². The largest absolute Gasteiger partial charge is 0.457 e. The molecule has 0 aromatic heterocycles. The second-order valence-electron chi connectivity index (χ2n) is 2.82. The van der Waals surface area contributed by atoms with Crippen molar-refractivity contribution in [3.05, 3.63) is 0 Å².